The van der Waals surface area contributed by atoms with E-state index in [1.807, 2.05) is 22.6 Å². The van der Waals surface area contributed by atoms with E-state index in [4.69, 9.17) is 0 Å². The zero-order chi connectivity index (χ0) is 16.2. The Morgan fingerprint density at radius 1 is 1.38 bits per heavy atom. The van der Waals surface area contributed by atoms with Crippen LogP contribution >= 0.6 is 22.6 Å². The molecule has 8 heteroatoms. The summed E-state index contributed by atoms with van der Waals surface area (Å²) in [5.74, 6) is -1.27. The largest absolute Gasteiger partial charge is 0.467 e. The number of carbonyl (C=O) groups is 2. The van der Waals surface area contributed by atoms with Gasteiger partial charge in [-0.1, -0.05) is 13.8 Å². The number of methoxy groups -OCH3 is 1. The first-order chi connectivity index (χ1) is 9.77. The van der Waals surface area contributed by atoms with Gasteiger partial charge in [0.15, 0.2) is 0 Å². The Kier molecular flexibility index (Phi) is 6.06. The minimum Gasteiger partial charge on any atom is -0.467 e. The summed E-state index contributed by atoms with van der Waals surface area (Å²) in [7, 11) is 1.24. The first kappa shape index (κ1) is 17.3. The van der Waals surface area contributed by atoms with Gasteiger partial charge in [0.1, 0.15) is 6.04 Å². The Hall–Kier alpha value is -1.71. The molecule has 0 unspecified atom stereocenters. The number of carbonyl (C=O) groups excluding carboxylic acids is 2. The van der Waals surface area contributed by atoms with Gasteiger partial charge in [0.2, 0.25) is 0 Å². The van der Waals surface area contributed by atoms with Gasteiger partial charge >= 0.3 is 5.97 Å². The number of ether oxygens (including phenoxy) is 1. The van der Waals surface area contributed by atoms with Gasteiger partial charge in [0.05, 0.1) is 17.6 Å². The lowest BCUT2D eigenvalue weighted by molar-refractivity contribution is -0.384. The number of hydrogen-bond donors (Lipinski definition) is 1. The van der Waals surface area contributed by atoms with Gasteiger partial charge in [0, 0.05) is 15.7 Å². The number of nitro groups is 1. The molecule has 1 rings (SSSR count). The molecule has 0 radical (unpaired) electrons. The summed E-state index contributed by atoms with van der Waals surface area (Å²) >= 11 is 1.91. The Morgan fingerprint density at radius 3 is 2.48 bits per heavy atom. The maximum Gasteiger partial charge on any atom is 0.328 e. The third kappa shape index (κ3) is 4.38. The number of halogens is 1. The molecule has 21 heavy (non-hydrogen) atoms. The van der Waals surface area contributed by atoms with E-state index in [1.54, 1.807) is 13.8 Å². The normalized spacial score (nSPS) is 11.9. The second-order valence-corrected chi connectivity index (χ2v) is 5.80. The van der Waals surface area contributed by atoms with Gasteiger partial charge in [0.25, 0.3) is 11.6 Å². The van der Waals surface area contributed by atoms with Crippen molar-refractivity contribution in [3.05, 3.63) is 37.4 Å². The summed E-state index contributed by atoms with van der Waals surface area (Å²) in [5.41, 5.74) is -0.0286. The molecule has 1 amide bonds. The fourth-order valence-corrected chi connectivity index (χ4v) is 2.22. The number of nitrogens with one attached hydrogen (secondary N) is 1. The van der Waals surface area contributed by atoms with Gasteiger partial charge < -0.3 is 10.1 Å². The van der Waals surface area contributed by atoms with Crippen LogP contribution in [0.15, 0.2) is 18.2 Å². The number of benzene rings is 1. The van der Waals surface area contributed by atoms with Crippen LogP contribution < -0.4 is 5.32 Å². The number of nitro benzene ring substituents is 1. The molecule has 0 aromatic heterocycles. The standard InChI is InChI=1S/C13H15IN2O5/c1-7(2)11(13(18)21-3)15-12(17)9-6-8(16(19)20)4-5-10(9)14/h4-7,11H,1-3H3,(H,15,17)/t11-/m0/s1. The summed E-state index contributed by atoms with van der Waals surface area (Å²) in [6.07, 6.45) is 0. The molecule has 0 fully saturated rings. The molecule has 0 spiro atoms. The Labute approximate surface area is 135 Å². The van der Waals surface area contributed by atoms with Crippen LogP contribution in [0, 0.1) is 19.6 Å². The van der Waals surface area contributed by atoms with Crippen molar-refractivity contribution in [1.82, 2.24) is 5.32 Å². The average molecular weight is 406 g/mol. The van der Waals surface area contributed by atoms with Crippen molar-refractivity contribution in [2.45, 2.75) is 19.9 Å². The topological polar surface area (TPSA) is 98.5 Å². The molecular weight excluding hydrogens is 391 g/mol. The van der Waals surface area contributed by atoms with E-state index >= 15 is 0 Å². The lowest BCUT2D eigenvalue weighted by Crippen LogP contribution is -2.45. The lowest BCUT2D eigenvalue weighted by atomic mass is 10.0. The lowest BCUT2D eigenvalue weighted by Gasteiger charge is -2.20. The highest BCUT2D eigenvalue weighted by Crippen LogP contribution is 2.20. The van der Waals surface area contributed by atoms with Gasteiger partial charge in [-0.05, 0) is 34.6 Å². The number of non-ortho nitro benzene ring substituents is 1. The van der Waals surface area contributed by atoms with Gasteiger partial charge in [-0.15, -0.1) is 0 Å². The van der Waals surface area contributed by atoms with Gasteiger partial charge in [-0.25, -0.2) is 4.79 Å². The Bertz CT molecular complexity index is 574. The highest BCUT2D eigenvalue weighted by atomic mass is 127. The fraction of sp³-hybridized carbons (Fsp3) is 0.385. The van der Waals surface area contributed by atoms with Gasteiger partial charge in [-0.2, -0.15) is 0 Å². The smallest absolute Gasteiger partial charge is 0.328 e. The summed E-state index contributed by atoms with van der Waals surface area (Å²) < 4.78 is 5.20. The van der Waals surface area contributed by atoms with E-state index in [9.17, 15) is 19.7 Å². The van der Waals surface area contributed by atoms with Crippen LogP contribution in [0.2, 0.25) is 0 Å². The number of hydrogen-bond acceptors (Lipinski definition) is 5. The molecule has 1 aromatic carbocycles. The molecule has 0 aliphatic heterocycles. The number of esters is 1. The molecule has 7 nitrogen and oxygen atoms in total. The van der Waals surface area contributed by atoms with Crippen molar-refractivity contribution in [1.29, 1.82) is 0 Å². The van der Waals surface area contributed by atoms with E-state index in [-0.39, 0.29) is 17.2 Å². The monoisotopic (exact) mass is 406 g/mol. The zero-order valence-corrected chi connectivity index (χ0v) is 13.9. The van der Waals surface area contributed by atoms with Crippen molar-refractivity contribution >= 4 is 40.2 Å². The maximum atomic E-state index is 12.2. The van der Waals surface area contributed by atoms with Crippen LogP contribution in [0.5, 0.6) is 0 Å². The molecule has 1 aromatic rings. The molecule has 0 aliphatic carbocycles. The molecule has 1 N–H and O–H groups in total. The van der Waals surface area contributed by atoms with E-state index in [1.165, 1.54) is 25.3 Å². The summed E-state index contributed by atoms with van der Waals surface area (Å²) in [6.45, 7) is 3.53. The molecule has 0 heterocycles. The van der Waals surface area contributed by atoms with Crippen LogP contribution in [0.3, 0.4) is 0 Å². The highest BCUT2D eigenvalue weighted by Gasteiger charge is 2.26. The van der Waals surface area contributed by atoms with Crippen molar-refractivity contribution in [2.75, 3.05) is 7.11 Å². The van der Waals surface area contributed by atoms with Crippen molar-refractivity contribution < 1.29 is 19.2 Å². The van der Waals surface area contributed by atoms with Gasteiger partial charge in [-0.3, -0.25) is 14.9 Å². The molecule has 1 atom stereocenters. The van der Waals surface area contributed by atoms with E-state index in [0.717, 1.165) is 0 Å². The molecule has 114 valence electrons. The van der Waals surface area contributed by atoms with Crippen LogP contribution in [0.1, 0.15) is 24.2 Å². The Balaban J connectivity index is 3.05. The third-order valence-electron chi connectivity index (χ3n) is 2.81. The first-order valence-electron chi connectivity index (χ1n) is 6.10. The first-order valence-corrected chi connectivity index (χ1v) is 7.18. The minimum atomic E-state index is -0.808. The van der Waals surface area contributed by atoms with E-state index in [0.29, 0.717) is 3.57 Å². The summed E-state index contributed by atoms with van der Waals surface area (Å²) in [5, 5.41) is 13.3. The molecule has 0 aliphatic rings. The van der Waals surface area contributed by atoms with E-state index < -0.39 is 22.8 Å². The number of rotatable bonds is 5. The quantitative estimate of drug-likeness (QED) is 0.350. The van der Waals surface area contributed by atoms with Crippen LogP contribution in [0.4, 0.5) is 5.69 Å². The number of amides is 1. The SMILES string of the molecule is COC(=O)[C@@H](NC(=O)c1cc([N+](=O)[O-])ccc1I)C(C)C. The zero-order valence-electron chi connectivity index (χ0n) is 11.8. The summed E-state index contributed by atoms with van der Waals surface area (Å²) in [6, 6.07) is 3.18. The minimum absolute atomic E-state index is 0.152. The average Bonchev–Trinajstić information content (AvgIpc) is 2.43. The maximum absolute atomic E-state index is 12.2. The predicted molar refractivity (Wildman–Crippen MR) is 83.9 cm³/mol. The molecular formula is C13H15IN2O5. The van der Waals surface area contributed by atoms with E-state index in [2.05, 4.69) is 10.1 Å². The second kappa shape index (κ2) is 7.34. The van der Waals surface area contributed by atoms with Crippen LogP contribution in [0.25, 0.3) is 0 Å². The van der Waals surface area contributed by atoms with Crippen molar-refractivity contribution in [2.24, 2.45) is 5.92 Å². The highest BCUT2D eigenvalue weighted by molar-refractivity contribution is 14.1. The third-order valence-corrected chi connectivity index (χ3v) is 3.75. The second-order valence-electron chi connectivity index (χ2n) is 4.64. The Morgan fingerprint density at radius 2 is 2.00 bits per heavy atom. The van der Waals surface area contributed by atoms with Crippen molar-refractivity contribution in [3.8, 4) is 0 Å². The fourth-order valence-electron chi connectivity index (χ4n) is 1.64. The number of nitrogens with zero attached hydrogens (tertiary/aromatic N) is 1. The predicted octanol–water partition coefficient (Wildman–Crippen LogP) is 2.13. The van der Waals surface area contributed by atoms with Crippen LogP contribution in [-0.2, 0) is 9.53 Å². The molecule has 0 bridgehead atoms. The molecule has 0 saturated carbocycles. The van der Waals surface area contributed by atoms with Crippen LogP contribution in [-0.4, -0.2) is 30.0 Å². The summed E-state index contributed by atoms with van der Waals surface area (Å²) in [4.78, 5) is 34.1. The van der Waals surface area contributed by atoms with Crippen molar-refractivity contribution in [3.63, 3.8) is 0 Å². The molecule has 0 saturated heterocycles.